The Morgan fingerprint density at radius 2 is 2.05 bits per heavy atom. The van der Waals surface area contributed by atoms with Gasteiger partial charge in [0.15, 0.2) is 0 Å². The Balaban J connectivity index is 2.22. The van der Waals surface area contributed by atoms with E-state index in [1.165, 1.54) is 12.7 Å². The molecule has 1 aliphatic carbocycles. The average Bonchev–Trinajstić information content (AvgIpc) is 2.49. The van der Waals surface area contributed by atoms with Gasteiger partial charge in [0.2, 0.25) is 0 Å². The monoisotopic (exact) mass is 285 g/mol. The van der Waals surface area contributed by atoms with E-state index < -0.39 is 0 Å². The number of aliphatic imine (C=N–C) groups is 1. The first-order valence-electron chi connectivity index (χ1n) is 7.41. The lowest BCUT2D eigenvalue weighted by atomic mass is 9.76. The number of ether oxygens (including phenoxy) is 1. The molecule has 0 aromatic heterocycles. The van der Waals surface area contributed by atoms with E-state index in [4.69, 9.17) is 4.74 Å². The van der Waals surface area contributed by atoms with Crippen molar-refractivity contribution in [3.63, 3.8) is 0 Å². The van der Waals surface area contributed by atoms with E-state index in [0.29, 0.717) is 29.0 Å². The van der Waals surface area contributed by atoms with Crippen LogP contribution in [0.3, 0.4) is 0 Å². The lowest BCUT2D eigenvalue weighted by Gasteiger charge is -2.30. The Morgan fingerprint density at radius 3 is 2.76 bits per heavy atom. The molecule has 112 valence electrons. The molecule has 2 rings (SSSR count). The molecule has 0 heterocycles. The highest BCUT2D eigenvalue weighted by Crippen LogP contribution is 2.33. The zero-order valence-corrected chi connectivity index (χ0v) is 13.2. The van der Waals surface area contributed by atoms with Crippen molar-refractivity contribution in [1.82, 2.24) is 0 Å². The lowest BCUT2D eigenvalue weighted by molar-refractivity contribution is 0.0601. The zero-order chi connectivity index (χ0) is 15.4. The van der Waals surface area contributed by atoms with Gasteiger partial charge in [0.25, 0.3) is 0 Å². The minimum Gasteiger partial charge on any atom is -0.465 e. The van der Waals surface area contributed by atoms with Crippen molar-refractivity contribution in [2.75, 3.05) is 7.11 Å². The van der Waals surface area contributed by atoms with Crippen molar-refractivity contribution in [3.05, 3.63) is 41.5 Å². The van der Waals surface area contributed by atoms with Gasteiger partial charge in [0.1, 0.15) is 0 Å². The minimum absolute atomic E-state index is 0.344. The second-order valence-electron chi connectivity index (χ2n) is 5.89. The number of hydrogen-bond donors (Lipinski definition) is 0. The number of para-hydroxylation sites is 1. The van der Waals surface area contributed by atoms with Crippen LogP contribution in [0.25, 0.3) is 0 Å². The van der Waals surface area contributed by atoms with Crippen LogP contribution in [-0.2, 0) is 4.74 Å². The van der Waals surface area contributed by atoms with Crippen LogP contribution in [0, 0.1) is 17.8 Å². The van der Waals surface area contributed by atoms with Gasteiger partial charge in [-0.1, -0.05) is 37.6 Å². The van der Waals surface area contributed by atoms with E-state index in [0.717, 1.165) is 6.42 Å². The van der Waals surface area contributed by atoms with E-state index in [-0.39, 0.29) is 5.97 Å². The number of methoxy groups -OCH3 is 1. The molecule has 0 saturated heterocycles. The Morgan fingerprint density at radius 1 is 1.33 bits per heavy atom. The molecule has 0 bridgehead atoms. The molecule has 0 amide bonds. The zero-order valence-electron chi connectivity index (χ0n) is 13.2. The fraction of sp³-hybridized carbons (Fsp3) is 0.444. The molecule has 21 heavy (non-hydrogen) atoms. The van der Waals surface area contributed by atoms with Crippen molar-refractivity contribution >= 4 is 17.9 Å². The molecule has 3 heteroatoms. The third kappa shape index (κ3) is 3.60. The number of carbonyl (C=O) groups excluding carboxylic acids is 1. The number of allylic oxidation sites excluding steroid dienone is 2. The first kappa shape index (κ1) is 15.5. The topological polar surface area (TPSA) is 38.7 Å². The standard InChI is InChI=1S/C18H23NO2/c1-12-9-13(2)14(3)15(10-12)11-19-17-8-6-5-7-16(17)18(20)21-4/h5-9,11,13-15H,10H2,1-4H3. The molecule has 1 aromatic rings. The predicted molar refractivity (Wildman–Crippen MR) is 86.1 cm³/mol. The van der Waals surface area contributed by atoms with Gasteiger partial charge in [-0.25, -0.2) is 4.79 Å². The molecular formula is C18H23NO2. The van der Waals surface area contributed by atoms with Gasteiger partial charge in [-0.3, -0.25) is 4.99 Å². The molecule has 3 unspecified atom stereocenters. The fourth-order valence-corrected chi connectivity index (χ4v) is 2.85. The van der Waals surface area contributed by atoms with Crippen LogP contribution >= 0.6 is 0 Å². The molecule has 0 radical (unpaired) electrons. The summed E-state index contributed by atoms with van der Waals surface area (Å²) in [5.41, 5.74) is 2.61. The minimum atomic E-state index is -0.344. The normalized spacial score (nSPS) is 25.7. The molecular weight excluding hydrogens is 262 g/mol. The average molecular weight is 285 g/mol. The van der Waals surface area contributed by atoms with Gasteiger partial charge in [-0.2, -0.15) is 0 Å². The summed E-state index contributed by atoms with van der Waals surface area (Å²) in [6, 6.07) is 7.31. The summed E-state index contributed by atoms with van der Waals surface area (Å²) in [7, 11) is 1.39. The summed E-state index contributed by atoms with van der Waals surface area (Å²) in [6.07, 6.45) is 5.38. The molecule has 0 fully saturated rings. The quantitative estimate of drug-likeness (QED) is 0.468. The van der Waals surface area contributed by atoms with Gasteiger partial charge in [-0.05, 0) is 37.3 Å². The van der Waals surface area contributed by atoms with Crippen molar-refractivity contribution in [2.45, 2.75) is 27.2 Å². The van der Waals surface area contributed by atoms with E-state index in [1.807, 2.05) is 24.4 Å². The molecule has 1 aliphatic rings. The molecule has 0 spiro atoms. The molecule has 0 aliphatic heterocycles. The molecule has 1 aromatic carbocycles. The number of hydrogen-bond acceptors (Lipinski definition) is 3. The van der Waals surface area contributed by atoms with E-state index in [2.05, 4.69) is 31.8 Å². The van der Waals surface area contributed by atoms with Crippen LogP contribution in [-0.4, -0.2) is 19.3 Å². The highest BCUT2D eigenvalue weighted by molar-refractivity contribution is 5.95. The number of esters is 1. The highest BCUT2D eigenvalue weighted by atomic mass is 16.5. The Hall–Kier alpha value is -1.90. The lowest BCUT2D eigenvalue weighted by Crippen LogP contribution is -2.23. The number of rotatable bonds is 3. The van der Waals surface area contributed by atoms with Crippen molar-refractivity contribution in [2.24, 2.45) is 22.7 Å². The van der Waals surface area contributed by atoms with Crippen LogP contribution in [0.1, 0.15) is 37.6 Å². The van der Waals surface area contributed by atoms with E-state index in [1.54, 1.807) is 6.07 Å². The maximum absolute atomic E-state index is 11.7. The Bertz CT molecular complexity index is 574. The second kappa shape index (κ2) is 6.70. The Labute approximate surface area is 126 Å². The summed E-state index contributed by atoms with van der Waals surface area (Å²) in [4.78, 5) is 16.3. The van der Waals surface area contributed by atoms with Gasteiger partial charge in [-0.15, -0.1) is 0 Å². The number of carbonyl (C=O) groups is 1. The van der Waals surface area contributed by atoms with E-state index in [9.17, 15) is 4.79 Å². The number of nitrogens with zero attached hydrogens (tertiary/aromatic N) is 1. The maximum Gasteiger partial charge on any atom is 0.340 e. The third-order valence-corrected chi connectivity index (χ3v) is 4.32. The Kier molecular flexibility index (Phi) is 4.94. The van der Waals surface area contributed by atoms with Crippen LogP contribution < -0.4 is 0 Å². The van der Waals surface area contributed by atoms with Gasteiger partial charge < -0.3 is 4.74 Å². The van der Waals surface area contributed by atoms with Crippen molar-refractivity contribution < 1.29 is 9.53 Å². The van der Waals surface area contributed by atoms with Gasteiger partial charge in [0.05, 0.1) is 18.4 Å². The van der Waals surface area contributed by atoms with E-state index >= 15 is 0 Å². The molecule has 3 nitrogen and oxygen atoms in total. The fourth-order valence-electron chi connectivity index (χ4n) is 2.85. The van der Waals surface area contributed by atoms with Gasteiger partial charge >= 0.3 is 5.97 Å². The first-order valence-corrected chi connectivity index (χ1v) is 7.41. The van der Waals surface area contributed by atoms with Crippen LogP contribution in [0.4, 0.5) is 5.69 Å². The summed E-state index contributed by atoms with van der Waals surface area (Å²) < 4.78 is 4.80. The molecule has 3 atom stereocenters. The van der Waals surface area contributed by atoms with Crippen molar-refractivity contribution in [1.29, 1.82) is 0 Å². The van der Waals surface area contributed by atoms with Crippen molar-refractivity contribution in [3.8, 4) is 0 Å². The maximum atomic E-state index is 11.7. The smallest absolute Gasteiger partial charge is 0.340 e. The van der Waals surface area contributed by atoms with Crippen LogP contribution in [0.15, 0.2) is 40.9 Å². The summed E-state index contributed by atoms with van der Waals surface area (Å²) >= 11 is 0. The van der Waals surface area contributed by atoms with Crippen LogP contribution in [0.5, 0.6) is 0 Å². The summed E-state index contributed by atoms with van der Waals surface area (Å²) in [6.45, 7) is 6.68. The van der Waals surface area contributed by atoms with Crippen LogP contribution in [0.2, 0.25) is 0 Å². The predicted octanol–water partition coefficient (Wildman–Crippen LogP) is 4.41. The summed E-state index contributed by atoms with van der Waals surface area (Å²) in [5.74, 6) is 1.19. The molecule has 0 saturated carbocycles. The first-order chi connectivity index (χ1) is 10.0. The summed E-state index contributed by atoms with van der Waals surface area (Å²) in [5, 5.41) is 0. The number of benzene rings is 1. The second-order valence-corrected chi connectivity index (χ2v) is 5.89. The van der Waals surface area contributed by atoms with Gasteiger partial charge in [0, 0.05) is 12.1 Å². The molecule has 0 N–H and O–H groups in total. The largest absolute Gasteiger partial charge is 0.465 e. The SMILES string of the molecule is COC(=O)c1ccccc1N=CC1CC(C)=CC(C)C1C. The third-order valence-electron chi connectivity index (χ3n) is 4.32. The highest BCUT2D eigenvalue weighted by Gasteiger charge is 2.24.